The van der Waals surface area contributed by atoms with Crippen LogP contribution in [0.1, 0.15) is 92.1 Å². The predicted molar refractivity (Wildman–Crippen MR) is 234 cm³/mol. The second kappa shape index (κ2) is 22.9. The molecule has 1 saturated heterocycles. The van der Waals surface area contributed by atoms with Crippen molar-refractivity contribution in [1.82, 2.24) is 36.8 Å². The van der Waals surface area contributed by atoms with Crippen LogP contribution >= 0.6 is 11.8 Å². The van der Waals surface area contributed by atoms with Gasteiger partial charge in [-0.3, -0.25) is 43.2 Å². The Hall–Kier alpha value is -5.82. The number of nitrogens with zero attached hydrogens (tertiary/aromatic N) is 1. The summed E-state index contributed by atoms with van der Waals surface area (Å²) >= 11 is 1.27. The van der Waals surface area contributed by atoms with Gasteiger partial charge in [0.2, 0.25) is 41.4 Å². The number of amides is 7. The van der Waals surface area contributed by atoms with Crippen molar-refractivity contribution in [3.63, 3.8) is 0 Å². The zero-order valence-corrected chi connectivity index (χ0v) is 36.9. The molecule has 1 aliphatic heterocycles. The third-order valence-electron chi connectivity index (χ3n) is 10.4. The number of fused-ring (bicyclic) bond motifs is 2. The van der Waals surface area contributed by atoms with Gasteiger partial charge in [-0.25, -0.2) is 0 Å². The number of likely N-dealkylation sites (tertiary alicyclic amines) is 1. The summed E-state index contributed by atoms with van der Waals surface area (Å²) < 4.78 is 0. The Morgan fingerprint density at radius 3 is 2.02 bits per heavy atom. The van der Waals surface area contributed by atoms with E-state index in [2.05, 4.69) is 37.2 Å². The largest absolute Gasteiger partial charge is 0.384 e. The van der Waals surface area contributed by atoms with Gasteiger partial charge in [0.25, 0.3) is 0 Å². The lowest BCUT2D eigenvalue weighted by atomic mass is 9.83. The molecule has 1 heterocycles. The Morgan fingerprint density at radius 1 is 0.742 bits per heavy atom. The van der Waals surface area contributed by atoms with Crippen LogP contribution in [0, 0.1) is 5.92 Å². The van der Waals surface area contributed by atoms with Gasteiger partial charge in [0.1, 0.15) is 30.2 Å². The minimum Gasteiger partial charge on any atom is -0.384 e. The van der Waals surface area contributed by atoms with Gasteiger partial charge in [-0.15, -0.1) is 0 Å². The van der Waals surface area contributed by atoms with E-state index in [-0.39, 0.29) is 42.1 Å². The second-order valence-corrected chi connectivity index (χ2v) is 16.8. The molecule has 0 saturated carbocycles. The maximum Gasteiger partial charge on any atom is 0.245 e. The summed E-state index contributed by atoms with van der Waals surface area (Å²) in [6, 6.07) is 6.18. The van der Waals surface area contributed by atoms with E-state index in [9.17, 15) is 43.2 Å². The van der Waals surface area contributed by atoms with Crippen molar-refractivity contribution in [3.8, 4) is 0 Å². The van der Waals surface area contributed by atoms with Gasteiger partial charge < -0.3 is 47.9 Å². The molecule has 2 aromatic rings. The highest BCUT2D eigenvalue weighted by Crippen LogP contribution is 2.32. The smallest absolute Gasteiger partial charge is 0.245 e. The molecule has 2 aliphatic rings. The highest BCUT2D eigenvalue weighted by Gasteiger charge is 2.38. The van der Waals surface area contributed by atoms with E-state index in [4.69, 9.17) is 5.73 Å². The number of hydrogen-bond acceptors (Lipinski definition) is 12. The summed E-state index contributed by atoms with van der Waals surface area (Å²) in [5, 5.41) is 18.9. The third-order valence-corrected chi connectivity index (χ3v) is 11.1. The molecule has 18 nitrogen and oxygen atoms in total. The molecule has 62 heavy (non-hydrogen) atoms. The molecule has 6 atom stereocenters. The summed E-state index contributed by atoms with van der Waals surface area (Å²) in [4.78, 5) is 119. The quantitative estimate of drug-likeness (QED) is 0.0669. The Balaban J connectivity index is 1.26. The van der Waals surface area contributed by atoms with Crippen molar-refractivity contribution in [1.29, 1.82) is 0 Å². The van der Waals surface area contributed by atoms with E-state index < -0.39 is 78.2 Å². The van der Waals surface area contributed by atoms with Crippen LogP contribution in [-0.4, -0.2) is 132 Å². The Bertz CT molecular complexity index is 2030. The fourth-order valence-electron chi connectivity index (χ4n) is 7.13. The molecular weight excluding hydrogens is 819 g/mol. The van der Waals surface area contributed by atoms with Crippen LogP contribution in [0.15, 0.2) is 42.5 Å². The average Bonchev–Trinajstić information content (AvgIpc) is 3.74. The summed E-state index contributed by atoms with van der Waals surface area (Å²) in [6.07, 6.45) is 3.52. The summed E-state index contributed by atoms with van der Waals surface area (Å²) in [5.74, 6) is -4.18. The predicted octanol–water partition coefficient (Wildman–Crippen LogP) is 0.223. The first-order chi connectivity index (χ1) is 29.4. The third kappa shape index (κ3) is 12.9. The fraction of sp³-hybridized carbons (Fsp3) is 0.512. The summed E-state index contributed by atoms with van der Waals surface area (Å²) in [5.41, 5.74) is 7.45. The normalized spacial score (nSPS) is 16.7. The lowest BCUT2D eigenvalue weighted by Crippen LogP contribution is -2.57. The van der Waals surface area contributed by atoms with Crippen LogP contribution < -0.4 is 43.0 Å². The molecule has 4 rings (SSSR count). The van der Waals surface area contributed by atoms with Crippen molar-refractivity contribution >= 4 is 70.4 Å². The van der Waals surface area contributed by atoms with Gasteiger partial charge in [0.05, 0.1) is 18.2 Å². The second-order valence-electron chi connectivity index (χ2n) is 15.9. The SMILES string of the molecule is CSC[C@H](NC(=O)[C@H](C)NC(=O)[C@H](C)NC(=O)[C@@H](C)N)C(=O)NCC(=O)N[C@@H](CC(C)C)C(=O)N1CCC[C@H]1C(=O)NCCCNc1cccc2c1C(=O)c1ccccc1C2=O. The highest BCUT2D eigenvalue weighted by molar-refractivity contribution is 7.98. The number of hydrogen-bond donors (Lipinski definition) is 8. The standard InChI is InChI=1S/C43H59N9O9S/c1-23(2)20-31(50-34(53)21-47-41(59)32(22-62-6)51-40(58)26(5)49-39(57)25(4)48-38(56)24(3)44)43(61)52-19-10-16-33(52)42(60)46-18-11-17-45-30-15-9-14-29-35(30)37(55)28-13-8-7-12-27(28)36(29)54/h7-9,12-15,23-26,31-33,45H,10-11,16-22,44H2,1-6H3,(H,46,60)(H,47,59)(H,48,56)(H,49,57)(H,50,53)(H,51,58)/t24-,25+,26+,31+,32+,33+/m1/s1. The van der Waals surface area contributed by atoms with Crippen LogP contribution in [0.5, 0.6) is 0 Å². The number of nitrogens with two attached hydrogens (primary N) is 1. The highest BCUT2D eigenvalue weighted by atomic mass is 32.2. The Labute approximate surface area is 365 Å². The molecule has 9 N–H and O–H groups in total. The van der Waals surface area contributed by atoms with Gasteiger partial charge in [-0.1, -0.05) is 50.2 Å². The molecule has 0 unspecified atom stereocenters. The number of benzene rings is 2. The molecule has 0 bridgehead atoms. The first kappa shape index (κ1) is 48.8. The van der Waals surface area contributed by atoms with Crippen LogP contribution in [0.3, 0.4) is 0 Å². The average molecular weight is 878 g/mol. The van der Waals surface area contributed by atoms with E-state index >= 15 is 0 Å². The van der Waals surface area contributed by atoms with Crippen molar-refractivity contribution < 1.29 is 43.2 Å². The molecule has 0 radical (unpaired) electrons. The van der Waals surface area contributed by atoms with Crippen LogP contribution in [-0.2, 0) is 33.6 Å². The summed E-state index contributed by atoms with van der Waals surface area (Å²) in [7, 11) is 0. The monoisotopic (exact) mass is 877 g/mol. The van der Waals surface area contributed by atoms with E-state index in [1.807, 2.05) is 13.8 Å². The number of thioether (sulfide) groups is 1. The van der Waals surface area contributed by atoms with E-state index in [1.165, 1.54) is 37.4 Å². The van der Waals surface area contributed by atoms with Crippen molar-refractivity contribution in [2.45, 2.75) is 96.6 Å². The Kier molecular flexibility index (Phi) is 18.0. The molecule has 0 spiro atoms. The molecule has 7 amide bonds. The van der Waals surface area contributed by atoms with E-state index in [0.717, 1.165) is 0 Å². The van der Waals surface area contributed by atoms with Gasteiger partial charge in [-0.2, -0.15) is 11.8 Å². The van der Waals surface area contributed by atoms with Crippen molar-refractivity contribution in [3.05, 3.63) is 64.7 Å². The fourth-order valence-corrected chi connectivity index (χ4v) is 7.69. The number of carbonyl (C=O) groups excluding carboxylic acids is 9. The maximum absolute atomic E-state index is 13.9. The number of ketones is 2. The van der Waals surface area contributed by atoms with Crippen LogP contribution in [0.4, 0.5) is 5.69 Å². The molecule has 1 fully saturated rings. The van der Waals surface area contributed by atoms with Crippen molar-refractivity contribution in [2.75, 3.05) is 43.5 Å². The zero-order chi connectivity index (χ0) is 45.7. The number of rotatable bonds is 21. The zero-order valence-electron chi connectivity index (χ0n) is 36.1. The maximum atomic E-state index is 13.9. The molecule has 19 heteroatoms. The lowest BCUT2D eigenvalue weighted by molar-refractivity contribution is -0.141. The number of nitrogens with one attached hydrogen (secondary N) is 7. The van der Waals surface area contributed by atoms with E-state index in [1.54, 1.807) is 48.7 Å². The lowest BCUT2D eigenvalue weighted by Gasteiger charge is -2.29. The first-order valence-corrected chi connectivity index (χ1v) is 22.2. The Morgan fingerprint density at radius 2 is 1.37 bits per heavy atom. The van der Waals surface area contributed by atoms with E-state index in [0.29, 0.717) is 60.3 Å². The molecule has 336 valence electrons. The molecule has 2 aromatic carbocycles. The molecular formula is C43H59N9O9S. The first-order valence-electron chi connectivity index (χ1n) is 20.8. The number of carbonyl (C=O) groups is 9. The molecule has 1 aliphatic carbocycles. The van der Waals surface area contributed by atoms with Gasteiger partial charge in [0, 0.05) is 47.8 Å². The minimum atomic E-state index is -1.07. The molecule has 0 aromatic heterocycles. The van der Waals surface area contributed by atoms with Gasteiger partial charge in [-0.05, 0) is 64.7 Å². The van der Waals surface area contributed by atoms with Crippen LogP contribution in [0.2, 0.25) is 0 Å². The van der Waals surface area contributed by atoms with Gasteiger partial charge in [0.15, 0.2) is 11.6 Å². The topological polar surface area (TPSA) is 267 Å². The minimum absolute atomic E-state index is 0.00765. The van der Waals surface area contributed by atoms with Gasteiger partial charge >= 0.3 is 0 Å². The number of anilines is 1. The van der Waals surface area contributed by atoms with Crippen molar-refractivity contribution in [2.24, 2.45) is 11.7 Å². The summed E-state index contributed by atoms with van der Waals surface area (Å²) in [6.45, 7) is 8.61. The van der Waals surface area contributed by atoms with Crippen LogP contribution in [0.25, 0.3) is 0 Å².